The minimum atomic E-state index is -0.180. The number of fused-ring (bicyclic) bond motifs is 1. The highest BCUT2D eigenvalue weighted by molar-refractivity contribution is 6.29. The van der Waals surface area contributed by atoms with Crippen LogP contribution in [0.3, 0.4) is 0 Å². The Bertz CT molecular complexity index is 661. The number of amides is 1. The van der Waals surface area contributed by atoms with Gasteiger partial charge in [-0.15, -0.1) is 0 Å². The van der Waals surface area contributed by atoms with Crippen LogP contribution in [-0.4, -0.2) is 36.0 Å². The Kier molecular flexibility index (Phi) is 3.28. The fourth-order valence-electron chi connectivity index (χ4n) is 2.30. The lowest BCUT2D eigenvalue weighted by molar-refractivity contribution is 0.0981. The number of carbonyl (C=O) groups is 1. The van der Waals surface area contributed by atoms with Crippen molar-refractivity contribution < 1.29 is 4.79 Å². The first-order valence-corrected chi connectivity index (χ1v) is 6.64. The van der Waals surface area contributed by atoms with E-state index >= 15 is 0 Å². The monoisotopic (exact) mass is 288 g/mol. The molecule has 2 heterocycles. The van der Waals surface area contributed by atoms with Crippen LogP contribution in [0, 0.1) is 0 Å². The molecule has 1 amide bonds. The number of aromatic nitrogens is 2. The SMILES string of the molecule is CN1CCN(C(=O)c2cncc(Cl)n2)c2ccccc21. The number of rotatable bonds is 1. The third-order valence-electron chi connectivity index (χ3n) is 3.31. The molecule has 1 aliphatic heterocycles. The van der Waals surface area contributed by atoms with Crippen molar-refractivity contribution in [2.45, 2.75) is 0 Å². The predicted octanol–water partition coefficient (Wildman–Crippen LogP) is 2.23. The van der Waals surface area contributed by atoms with Crippen molar-refractivity contribution in [3.05, 3.63) is 47.5 Å². The molecule has 0 spiro atoms. The molecule has 1 aromatic heterocycles. The molecule has 0 aliphatic carbocycles. The van der Waals surface area contributed by atoms with E-state index in [0.29, 0.717) is 6.54 Å². The summed E-state index contributed by atoms with van der Waals surface area (Å²) in [6.07, 6.45) is 2.85. The zero-order valence-electron chi connectivity index (χ0n) is 11.0. The lowest BCUT2D eigenvalue weighted by atomic mass is 10.1. The van der Waals surface area contributed by atoms with Gasteiger partial charge in [0.25, 0.3) is 5.91 Å². The zero-order valence-corrected chi connectivity index (χ0v) is 11.7. The number of hydrogen-bond donors (Lipinski definition) is 0. The Hall–Kier alpha value is -2.14. The standard InChI is InChI=1S/C14H13ClN4O/c1-18-6-7-19(12-5-3-2-4-11(12)18)14(20)10-8-16-9-13(15)17-10/h2-5,8-9H,6-7H2,1H3. The quantitative estimate of drug-likeness (QED) is 0.807. The molecule has 2 aromatic rings. The molecule has 0 saturated heterocycles. The van der Waals surface area contributed by atoms with Gasteiger partial charge in [-0.1, -0.05) is 23.7 Å². The third kappa shape index (κ3) is 2.20. The fourth-order valence-corrected chi connectivity index (χ4v) is 2.45. The largest absolute Gasteiger partial charge is 0.371 e. The summed E-state index contributed by atoms with van der Waals surface area (Å²) in [6, 6.07) is 7.81. The summed E-state index contributed by atoms with van der Waals surface area (Å²) in [5.41, 5.74) is 2.17. The van der Waals surface area contributed by atoms with E-state index in [1.807, 2.05) is 31.3 Å². The molecule has 0 radical (unpaired) electrons. The summed E-state index contributed by atoms with van der Waals surface area (Å²) in [7, 11) is 2.01. The summed E-state index contributed by atoms with van der Waals surface area (Å²) in [5, 5.41) is 0.221. The average Bonchev–Trinajstić information content (AvgIpc) is 2.47. The number of benzene rings is 1. The lowest BCUT2D eigenvalue weighted by Gasteiger charge is -2.35. The number of anilines is 2. The molecule has 1 aliphatic rings. The minimum Gasteiger partial charge on any atom is -0.371 e. The molecule has 0 fully saturated rings. The molecule has 0 N–H and O–H groups in total. The van der Waals surface area contributed by atoms with Crippen molar-refractivity contribution in [2.75, 3.05) is 29.9 Å². The van der Waals surface area contributed by atoms with Crippen LogP contribution in [0.25, 0.3) is 0 Å². The topological polar surface area (TPSA) is 49.3 Å². The number of nitrogens with zero attached hydrogens (tertiary/aromatic N) is 4. The maximum atomic E-state index is 12.6. The van der Waals surface area contributed by atoms with E-state index in [-0.39, 0.29) is 16.8 Å². The van der Waals surface area contributed by atoms with Crippen molar-refractivity contribution in [2.24, 2.45) is 0 Å². The zero-order chi connectivity index (χ0) is 14.1. The van der Waals surface area contributed by atoms with E-state index in [0.717, 1.165) is 17.9 Å². The van der Waals surface area contributed by atoms with Gasteiger partial charge in [0.1, 0.15) is 10.8 Å². The summed E-state index contributed by atoms with van der Waals surface area (Å²) < 4.78 is 0. The molecular formula is C14H13ClN4O. The highest BCUT2D eigenvalue weighted by Gasteiger charge is 2.26. The number of likely N-dealkylation sites (N-methyl/N-ethyl adjacent to an activating group) is 1. The van der Waals surface area contributed by atoms with Gasteiger partial charge >= 0.3 is 0 Å². The van der Waals surface area contributed by atoms with E-state index in [9.17, 15) is 4.79 Å². The highest BCUT2D eigenvalue weighted by Crippen LogP contribution is 2.32. The van der Waals surface area contributed by atoms with Gasteiger partial charge in [-0.25, -0.2) is 4.98 Å². The maximum Gasteiger partial charge on any atom is 0.278 e. The van der Waals surface area contributed by atoms with Gasteiger partial charge in [-0.05, 0) is 12.1 Å². The maximum absolute atomic E-state index is 12.6. The lowest BCUT2D eigenvalue weighted by Crippen LogP contribution is -2.43. The van der Waals surface area contributed by atoms with E-state index in [4.69, 9.17) is 11.6 Å². The van der Waals surface area contributed by atoms with Crippen LogP contribution in [0.15, 0.2) is 36.7 Å². The van der Waals surface area contributed by atoms with Gasteiger partial charge in [-0.2, -0.15) is 0 Å². The molecule has 0 atom stereocenters. The average molecular weight is 289 g/mol. The first-order valence-electron chi connectivity index (χ1n) is 6.26. The Morgan fingerprint density at radius 1 is 1.20 bits per heavy atom. The number of halogens is 1. The first kappa shape index (κ1) is 12.9. The predicted molar refractivity (Wildman–Crippen MR) is 78.4 cm³/mol. The molecule has 1 aromatic carbocycles. The first-order chi connectivity index (χ1) is 9.66. The van der Waals surface area contributed by atoms with Crippen LogP contribution >= 0.6 is 11.6 Å². The Balaban J connectivity index is 1.99. The number of hydrogen-bond acceptors (Lipinski definition) is 4. The Morgan fingerprint density at radius 3 is 2.70 bits per heavy atom. The molecule has 20 heavy (non-hydrogen) atoms. The third-order valence-corrected chi connectivity index (χ3v) is 3.49. The second-order valence-corrected chi connectivity index (χ2v) is 4.98. The summed E-state index contributed by atoms with van der Waals surface area (Å²) in [5.74, 6) is -0.180. The van der Waals surface area contributed by atoms with Crippen molar-refractivity contribution in [3.8, 4) is 0 Å². The van der Waals surface area contributed by atoms with Gasteiger partial charge < -0.3 is 9.80 Å². The van der Waals surface area contributed by atoms with Gasteiger partial charge in [0, 0.05) is 20.1 Å². The van der Waals surface area contributed by atoms with Crippen LogP contribution in [0.2, 0.25) is 5.15 Å². The van der Waals surface area contributed by atoms with E-state index < -0.39 is 0 Å². The Morgan fingerprint density at radius 2 is 1.95 bits per heavy atom. The van der Waals surface area contributed by atoms with Crippen LogP contribution in [0.4, 0.5) is 11.4 Å². The smallest absolute Gasteiger partial charge is 0.278 e. The van der Waals surface area contributed by atoms with Crippen LogP contribution in [0.1, 0.15) is 10.5 Å². The normalized spacial score (nSPS) is 14.1. The molecular weight excluding hydrogens is 276 g/mol. The van der Waals surface area contributed by atoms with Crippen LogP contribution < -0.4 is 9.80 Å². The van der Waals surface area contributed by atoms with Crippen molar-refractivity contribution >= 4 is 28.9 Å². The van der Waals surface area contributed by atoms with Gasteiger partial charge in [0.05, 0.1) is 23.8 Å². The van der Waals surface area contributed by atoms with Crippen molar-refractivity contribution in [3.63, 3.8) is 0 Å². The Labute approximate surface area is 121 Å². The van der Waals surface area contributed by atoms with Crippen LogP contribution in [-0.2, 0) is 0 Å². The molecule has 5 nitrogen and oxygen atoms in total. The van der Waals surface area contributed by atoms with Crippen LogP contribution in [0.5, 0.6) is 0 Å². The summed E-state index contributed by atoms with van der Waals surface area (Å²) in [4.78, 5) is 24.4. The summed E-state index contributed by atoms with van der Waals surface area (Å²) in [6.45, 7) is 1.39. The molecule has 3 rings (SSSR count). The molecule has 102 valence electrons. The highest BCUT2D eigenvalue weighted by atomic mass is 35.5. The van der Waals surface area contributed by atoms with Gasteiger partial charge in [-0.3, -0.25) is 9.78 Å². The van der Waals surface area contributed by atoms with E-state index in [1.54, 1.807) is 4.90 Å². The van der Waals surface area contributed by atoms with Crippen molar-refractivity contribution in [1.82, 2.24) is 9.97 Å². The minimum absolute atomic E-state index is 0.180. The fraction of sp³-hybridized carbons (Fsp3) is 0.214. The molecule has 0 unspecified atom stereocenters. The van der Waals surface area contributed by atoms with E-state index in [2.05, 4.69) is 14.9 Å². The number of carbonyl (C=O) groups excluding carboxylic acids is 1. The van der Waals surface area contributed by atoms with Gasteiger partial charge in [0.2, 0.25) is 0 Å². The van der Waals surface area contributed by atoms with Crippen molar-refractivity contribution in [1.29, 1.82) is 0 Å². The summed E-state index contributed by atoms with van der Waals surface area (Å²) >= 11 is 5.80. The van der Waals surface area contributed by atoms with E-state index in [1.165, 1.54) is 12.4 Å². The molecule has 0 saturated carbocycles. The molecule has 6 heteroatoms. The second-order valence-electron chi connectivity index (χ2n) is 4.59. The molecule has 0 bridgehead atoms. The second kappa shape index (κ2) is 5.09. The van der Waals surface area contributed by atoms with Gasteiger partial charge in [0.15, 0.2) is 0 Å². The number of para-hydroxylation sites is 2.